The van der Waals surface area contributed by atoms with Gasteiger partial charge in [0.2, 0.25) is 0 Å². The summed E-state index contributed by atoms with van der Waals surface area (Å²) in [6.07, 6.45) is 0. The molecule has 3 heteroatoms. The van der Waals surface area contributed by atoms with Gasteiger partial charge in [-0.15, -0.1) is 0 Å². The summed E-state index contributed by atoms with van der Waals surface area (Å²) in [5.74, 6) is -0.972. The van der Waals surface area contributed by atoms with Gasteiger partial charge >= 0.3 is 129 Å². The van der Waals surface area contributed by atoms with Crippen molar-refractivity contribution in [2.45, 2.75) is 13.8 Å². The number of carboxylic acid groups (broad SMARTS) is 1. The van der Waals surface area contributed by atoms with Gasteiger partial charge in [0.05, 0.1) is 5.92 Å². The van der Waals surface area contributed by atoms with Crippen molar-refractivity contribution in [2.24, 2.45) is 5.92 Å². The number of benzene rings is 3. The molecule has 1 radical (unpaired) electrons. The Bertz CT molecular complexity index is 662. The molecule has 0 aliphatic rings. The Kier molecular flexibility index (Phi) is 7.86. The standard InChI is InChI=1S/3C6H5.C4H8O2.Pb/c3*1-2-4-6-5-3-1;1-3(2)4(5)6;/h3*1-5H;3H,1-2H3,(H,5,6);. The van der Waals surface area contributed by atoms with Crippen LogP contribution in [0.5, 0.6) is 0 Å². The number of rotatable bonds is 4. The van der Waals surface area contributed by atoms with Gasteiger partial charge in [0.25, 0.3) is 0 Å². The van der Waals surface area contributed by atoms with E-state index >= 15 is 0 Å². The molecule has 1 N–H and O–H groups in total. The molecule has 0 amide bonds. The Balaban J connectivity index is 0.000000326. The summed E-state index contributed by atoms with van der Waals surface area (Å²) in [7, 11) is 0. The van der Waals surface area contributed by atoms with Crippen molar-refractivity contribution in [1.82, 2.24) is 0 Å². The van der Waals surface area contributed by atoms with Crippen LogP contribution in [-0.4, -0.2) is 33.8 Å². The fourth-order valence-corrected chi connectivity index (χ4v) is 12.3. The molecule has 0 fully saturated rings. The van der Waals surface area contributed by atoms with Gasteiger partial charge in [0.15, 0.2) is 0 Å². The van der Waals surface area contributed by atoms with Gasteiger partial charge < -0.3 is 5.11 Å². The molecule has 0 heterocycles. The average molecular weight is 527 g/mol. The summed E-state index contributed by atoms with van der Waals surface area (Å²) < 4.78 is 4.64. The Morgan fingerprint density at radius 1 is 0.680 bits per heavy atom. The second kappa shape index (κ2) is 10.1. The molecule has 0 bridgehead atoms. The Hall–Kier alpha value is -1.95. The molecule has 127 valence electrons. The van der Waals surface area contributed by atoms with Crippen molar-refractivity contribution in [3.05, 3.63) is 91.0 Å². The van der Waals surface area contributed by atoms with Crippen LogP contribution < -0.4 is 9.37 Å². The molecule has 0 aliphatic carbocycles. The van der Waals surface area contributed by atoms with Crippen molar-refractivity contribution in [3.8, 4) is 0 Å². The summed E-state index contributed by atoms with van der Waals surface area (Å²) in [5, 5.41) is 7.99. The molecule has 25 heavy (non-hydrogen) atoms. The van der Waals surface area contributed by atoms with Crippen LogP contribution in [-0.2, 0) is 4.79 Å². The van der Waals surface area contributed by atoms with Crippen LogP contribution in [0.15, 0.2) is 91.0 Å². The molecule has 0 unspecified atom stereocenters. The first kappa shape index (κ1) is 19.4. The summed E-state index contributed by atoms with van der Waals surface area (Å²) in [4.78, 5) is 9.70. The van der Waals surface area contributed by atoms with Gasteiger partial charge in [-0.1, -0.05) is 13.8 Å². The van der Waals surface area contributed by atoms with Crippen molar-refractivity contribution in [2.75, 3.05) is 0 Å². The third kappa shape index (κ3) is 6.12. The zero-order valence-electron chi connectivity index (χ0n) is 14.6. The molecule has 0 spiro atoms. The second-order valence-electron chi connectivity index (χ2n) is 5.97. The van der Waals surface area contributed by atoms with E-state index in [1.807, 2.05) is 0 Å². The number of hydrogen-bond acceptors (Lipinski definition) is 1. The third-order valence-electron chi connectivity index (χ3n) is 3.68. The summed E-state index contributed by atoms with van der Waals surface area (Å²) in [5.41, 5.74) is 0. The maximum absolute atomic E-state index is 9.70. The van der Waals surface area contributed by atoms with Gasteiger partial charge in [-0.3, -0.25) is 4.79 Å². The van der Waals surface area contributed by atoms with Crippen molar-refractivity contribution in [1.29, 1.82) is 0 Å². The van der Waals surface area contributed by atoms with E-state index < -0.39 is 28.7 Å². The first-order chi connectivity index (χ1) is 12.1. The van der Waals surface area contributed by atoms with Gasteiger partial charge in [-0.05, 0) is 0 Å². The Morgan fingerprint density at radius 3 is 1.12 bits per heavy atom. The maximum atomic E-state index is 9.70. The predicted octanol–water partition coefficient (Wildman–Crippen LogP) is 2.93. The molecule has 2 nitrogen and oxygen atoms in total. The summed E-state index contributed by atoms with van der Waals surface area (Å²) in [6.45, 7) is 3.28. The van der Waals surface area contributed by atoms with Gasteiger partial charge in [0.1, 0.15) is 0 Å². The quantitative estimate of drug-likeness (QED) is 0.531. The molecule has 3 aromatic rings. The SMILES string of the molecule is CC(C)C(=O)O.c1cc[c]([Pb]([c]2ccccc2)[c]2ccccc2)cc1. The number of aliphatic carboxylic acids is 1. The molecule has 0 atom stereocenters. The van der Waals surface area contributed by atoms with Gasteiger partial charge in [-0.25, -0.2) is 0 Å². The van der Waals surface area contributed by atoms with E-state index in [2.05, 4.69) is 91.0 Å². The van der Waals surface area contributed by atoms with Crippen LogP contribution in [0.25, 0.3) is 0 Å². The summed E-state index contributed by atoms with van der Waals surface area (Å²) >= 11 is -2.17. The zero-order chi connectivity index (χ0) is 18.1. The van der Waals surface area contributed by atoms with E-state index in [-0.39, 0.29) is 5.92 Å². The van der Waals surface area contributed by atoms with Crippen molar-refractivity contribution in [3.63, 3.8) is 0 Å². The monoisotopic (exact) mass is 527 g/mol. The van der Waals surface area contributed by atoms with E-state index in [9.17, 15) is 4.79 Å². The van der Waals surface area contributed by atoms with E-state index in [4.69, 9.17) is 5.11 Å². The third-order valence-corrected chi connectivity index (χ3v) is 14.3. The van der Waals surface area contributed by atoms with E-state index in [1.54, 1.807) is 23.2 Å². The molecule has 3 aromatic carbocycles. The zero-order valence-corrected chi connectivity index (χ0v) is 18.5. The van der Waals surface area contributed by atoms with E-state index in [0.717, 1.165) is 0 Å². The Morgan fingerprint density at radius 2 is 0.920 bits per heavy atom. The van der Waals surface area contributed by atoms with Gasteiger partial charge in [0, 0.05) is 0 Å². The number of carboxylic acids is 1. The van der Waals surface area contributed by atoms with Crippen LogP contribution in [0.4, 0.5) is 0 Å². The first-order valence-electron chi connectivity index (χ1n) is 8.35. The molecule has 3 rings (SSSR count). The molecule has 0 aromatic heterocycles. The molecule has 0 saturated carbocycles. The van der Waals surface area contributed by atoms with E-state index in [0.29, 0.717) is 0 Å². The van der Waals surface area contributed by atoms with E-state index in [1.165, 1.54) is 0 Å². The minimum absolute atomic E-state index is 0.231. The Labute approximate surface area is 158 Å². The van der Waals surface area contributed by atoms with Crippen molar-refractivity contribution >= 4 is 38.0 Å². The number of hydrogen-bond donors (Lipinski definition) is 1. The molecule has 0 saturated heterocycles. The van der Waals surface area contributed by atoms with Crippen LogP contribution in [0.1, 0.15) is 13.8 Å². The normalized spacial score (nSPS) is 10.2. The number of carbonyl (C=O) groups is 1. The van der Waals surface area contributed by atoms with Crippen LogP contribution in [0.3, 0.4) is 0 Å². The van der Waals surface area contributed by atoms with Gasteiger partial charge in [-0.2, -0.15) is 0 Å². The molecular weight excluding hydrogens is 503 g/mol. The van der Waals surface area contributed by atoms with Crippen LogP contribution >= 0.6 is 0 Å². The molecular formula is C22H23O2Pb. The predicted molar refractivity (Wildman–Crippen MR) is 106 cm³/mol. The average Bonchev–Trinajstić information content (AvgIpc) is 2.65. The molecule has 0 aliphatic heterocycles. The van der Waals surface area contributed by atoms with Crippen molar-refractivity contribution < 1.29 is 9.90 Å². The topological polar surface area (TPSA) is 37.3 Å². The fourth-order valence-electron chi connectivity index (χ4n) is 2.31. The fraction of sp³-hybridized carbons (Fsp3) is 0.136. The van der Waals surface area contributed by atoms with Crippen LogP contribution in [0.2, 0.25) is 0 Å². The summed E-state index contributed by atoms with van der Waals surface area (Å²) in [6, 6.07) is 33.0. The van der Waals surface area contributed by atoms with Crippen LogP contribution in [0, 0.1) is 5.92 Å². The minimum atomic E-state index is -2.17. The first-order valence-corrected chi connectivity index (χ1v) is 14.2. The second-order valence-corrected chi connectivity index (χ2v) is 15.6.